The largest absolute Gasteiger partial charge is 0.335 e. The van der Waals surface area contributed by atoms with Crippen LogP contribution in [-0.2, 0) is 11.3 Å². The van der Waals surface area contributed by atoms with E-state index in [1.807, 2.05) is 24.9 Å². The van der Waals surface area contributed by atoms with Gasteiger partial charge in [-0.1, -0.05) is 27.7 Å². The Bertz CT molecular complexity index is 731. The van der Waals surface area contributed by atoms with Crippen molar-refractivity contribution in [3.05, 3.63) is 18.2 Å². The highest BCUT2D eigenvalue weighted by Crippen LogP contribution is 2.61. The van der Waals surface area contributed by atoms with Crippen molar-refractivity contribution in [2.24, 2.45) is 28.6 Å². The normalized spacial score (nSPS) is 32.2. The third-order valence-corrected chi connectivity index (χ3v) is 7.58. The Morgan fingerprint density at radius 3 is 2.69 bits per heavy atom. The second kappa shape index (κ2) is 5.93. The number of aromatic nitrogens is 2. The SMILES string of the molecule is CC1(C)CN(C(=O)c2nccn2C[C@@H]2CC[C@H]3C[C@@H]2C3(C)C)CCC1=O. The molecule has 26 heavy (non-hydrogen) atoms. The van der Waals surface area contributed by atoms with Gasteiger partial charge >= 0.3 is 0 Å². The molecule has 0 radical (unpaired) electrons. The minimum Gasteiger partial charge on any atom is -0.335 e. The number of Topliss-reactive ketones (excluding diaryl/α,β-unsaturated/α-hetero) is 1. The Morgan fingerprint density at radius 2 is 2.04 bits per heavy atom. The summed E-state index contributed by atoms with van der Waals surface area (Å²) in [5.41, 5.74) is -0.00933. The van der Waals surface area contributed by atoms with Crippen molar-refractivity contribution < 1.29 is 9.59 Å². The maximum Gasteiger partial charge on any atom is 0.289 e. The predicted molar refractivity (Wildman–Crippen MR) is 99.6 cm³/mol. The van der Waals surface area contributed by atoms with Gasteiger partial charge in [-0.25, -0.2) is 4.98 Å². The van der Waals surface area contributed by atoms with Crippen molar-refractivity contribution in [2.45, 2.75) is 59.9 Å². The summed E-state index contributed by atoms with van der Waals surface area (Å²) in [7, 11) is 0. The summed E-state index contributed by atoms with van der Waals surface area (Å²) >= 11 is 0. The zero-order valence-corrected chi connectivity index (χ0v) is 16.5. The van der Waals surface area contributed by atoms with Gasteiger partial charge in [-0.05, 0) is 42.4 Å². The Labute approximate surface area is 156 Å². The number of carbonyl (C=O) groups excluding carboxylic acids is 2. The van der Waals surface area contributed by atoms with E-state index in [4.69, 9.17) is 0 Å². The summed E-state index contributed by atoms with van der Waals surface area (Å²) in [5.74, 6) is 3.04. The summed E-state index contributed by atoms with van der Waals surface area (Å²) in [4.78, 5) is 31.3. The van der Waals surface area contributed by atoms with Crippen LogP contribution >= 0.6 is 0 Å². The van der Waals surface area contributed by atoms with Crippen LogP contribution in [0.2, 0.25) is 0 Å². The fraction of sp³-hybridized carbons (Fsp3) is 0.762. The van der Waals surface area contributed by atoms with E-state index in [2.05, 4.69) is 23.4 Å². The first-order valence-electron chi connectivity index (χ1n) is 10.0. The Hall–Kier alpha value is -1.65. The highest BCUT2D eigenvalue weighted by atomic mass is 16.2. The lowest BCUT2D eigenvalue weighted by Crippen LogP contribution is -2.53. The van der Waals surface area contributed by atoms with Crippen LogP contribution in [0.4, 0.5) is 0 Å². The Balaban J connectivity index is 1.49. The molecule has 1 aliphatic heterocycles. The van der Waals surface area contributed by atoms with E-state index in [-0.39, 0.29) is 11.7 Å². The molecule has 1 aromatic heterocycles. The lowest BCUT2D eigenvalue weighted by atomic mass is 9.45. The summed E-state index contributed by atoms with van der Waals surface area (Å²) in [6, 6.07) is 0. The first-order valence-corrected chi connectivity index (χ1v) is 10.0. The van der Waals surface area contributed by atoms with Gasteiger partial charge in [0.1, 0.15) is 5.78 Å². The second-order valence-corrected chi connectivity index (χ2v) is 9.88. The third kappa shape index (κ3) is 2.71. The molecule has 2 heterocycles. The molecule has 0 unspecified atom stereocenters. The molecule has 4 aliphatic rings. The summed E-state index contributed by atoms with van der Waals surface area (Å²) in [5, 5.41) is 0. The van der Waals surface area contributed by atoms with Crippen LogP contribution < -0.4 is 0 Å². The highest BCUT2D eigenvalue weighted by molar-refractivity contribution is 5.93. The predicted octanol–water partition coefficient (Wildman–Crippen LogP) is 3.40. The fourth-order valence-corrected chi connectivity index (χ4v) is 5.62. The number of likely N-dealkylation sites (tertiary alicyclic amines) is 1. The number of ketones is 1. The highest BCUT2D eigenvalue weighted by Gasteiger charge is 2.54. The van der Waals surface area contributed by atoms with Gasteiger partial charge in [0.25, 0.3) is 5.91 Å². The van der Waals surface area contributed by atoms with Crippen LogP contribution in [-0.4, -0.2) is 39.2 Å². The number of imidazole rings is 1. The van der Waals surface area contributed by atoms with Crippen LogP contribution in [0.15, 0.2) is 12.4 Å². The minimum absolute atomic E-state index is 0.0304. The average Bonchev–Trinajstić information content (AvgIpc) is 3.04. The van der Waals surface area contributed by atoms with E-state index in [0.29, 0.717) is 36.7 Å². The molecule has 5 nitrogen and oxygen atoms in total. The molecule has 5 rings (SSSR count). The number of hydrogen-bond acceptors (Lipinski definition) is 3. The van der Waals surface area contributed by atoms with Crippen molar-refractivity contribution in [2.75, 3.05) is 13.1 Å². The molecular weight excluding hydrogens is 326 g/mol. The van der Waals surface area contributed by atoms with Crippen molar-refractivity contribution in [1.82, 2.24) is 14.5 Å². The molecule has 142 valence electrons. The maximum atomic E-state index is 13.1. The molecule has 0 aromatic carbocycles. The fourth-order valence-electron chi connectivity index (χ4n) is 5.62. The molecular formula is C21H31N3O2. The minimum atomic E-state index is -0.459. The number of rotatable bonds is 3. The number of hydrogen-bond donors (Lipinski definition) is 0. The molecule has 1 saturated heterocycles. The van der Waals surface area contributed by atoms with Crippen LogP contribution in [0.3, 0.4) is 0 Å². The lowest BCUT2D eigenvalue weighted by Gasteiger charge is -2.60. The summed E-state index contributed by atoms with van der Waals surface area (Å²) < 4.78 is 2.06. The van der Waals surface area contributed by atoms with Crippen LogP contribution in [0.1, 0.15) is 64.0 Å². The molecule has 0 spiro atoms. The van der Waals surface area contributed by atoms with E-state index >= 15 is 0 Å². The molecule has 1 amide bonds. The molecule has 1 aromatic rings. The van der Waals surface area contributed by atoms with Crippen LogP contribution in [0.25, 0.3) is 0 Å². The van der Waals surface area contributed by atoms with Crippen molar-refractivity contribution in [3.8, 4) is 0 Å². The molecule has 3 atom stereocenters. The van der Waals surface area contributed by atoms with Gasteiger partial charge in [0, 0.05) is 43.9 Å². The van der Waals surface area contributed by atoms with E-state index in [9.17, 15) is 9.59 Å². The third-order valence-electron chi connectivity index (χ3n) is 7.58. The van der Waals surface area contributed by atoms with Gasteiger partial charge in [-0.3, -0.25) is 9.59 Å². The van der Waals surface area contributed by atoms with E-state index < -0.39 is 5.41 Å². The standard InChI is InChI=1S/C21H31N3O2/c1-20(2)13-24(9-7-17(20)25)19(26)18-22-8-10-23(18)12-14-5-6-15-11-16(14)21(15,3)4/h8,10,14-16H,5-7,9,11-13H2,1-4H3/t14-,15-,16-/m0/s1. The first-order chi connectivity index (χ1) is 12.2. The summed E-state index contributed by atoms with van der Waals surface area (Å²) in [6.45, 7) is 10.6. The van der Waals surface area contributed by atoms with Crippen LogP contribution in [0.5, 0.6) is 0 Å². The van der Waals surface area contributed by atoms with E-state index in [1.54, 1.807) is 6.20 Å². The van der Waals surface area contributed by atoms with E-state index in [0.717, 1.165) is 18.4 Å². The molecule has 0 N–H and O–H groups in total. The molecule has 5 heteroatoms. The number of fused-ring (bicyclic) bond motifs is 2. The molecule has 3 aliphatic carbocycles. The zero-order chi connectivity index (χ0) is 18.7. The zero-order valence-electron chi connectivity index (χ0n) is 16.5. The van der Waals surface area contributed by atoms with Gasteiger partial charge in [0.05, 0.1) is 0 Å². The van der Waals surface area contributed by atoms with Crippen molar-refractivity contribution in [3.63, 3.8) is 0 Å². The quantitative estimate of drug-likeness (QED) is 0.833. The van der Waals surface area contributed by atoms with Gasteiger partial charge < -0.3 is 9.47 Å². The number of nitrogens with zero attached hydrogens (tertiary/aromatic N) is 3. The van der Waals surface area contributed by atoms with Crippen molar-refractivity contribution in [1.29, 1.82) is 0 Å². The first kappa shape index (κ1) is 17.7. The summed E-state index contributed by atoms with van der Waals surface area (Å²) in [6.07, 6.45) is 8.05. The van der Waals surface area contributed by atoms with Gasteiger partial charge in [0.15, 0.2) is 5.82 Å². The number of carbonyl (C=O) groups is 2. The Morgan fingerprint density at radius 1 is 1.27 bits per heavy atom. The van der Waals surface area contributed by atoms with Gasteiger partial charge in [-0.2, -0.15) is 0 Å². The number of amides is 1. The van der Waals surface area contributed by atoms with Gasteiger partial charge in [0.2, 0.25) is 0 Å². The average molecular weight is 357 g/mol. The monoisotopic (exact) mass is 357 g/mol. The van der Waals surface area contributed by atoms with E-state index in [1.165, 1.54) is 19.3 Å². The van der Waals surface area contributed by atoms with Crippen molar-refractivity contribution >= 4 is 11.7 Å². The maximum absolute atomic E-state index is 13.1. The molecule has 4 fully saturated rings. The number of piperidine rings is 1. The molecule has 3 saturated carbocycles. The van der Waals surface area contributed by atoms with Crippen LogP contribution in [0, 0.1) is 28.6 Å². The molecule has 2 bridgehead atoms. The van der Waals surface area contributed by atoms with Gasteiger partial charge in [-0.15, -0.1) is 0 Å². The topological polar surface area (TPSA) is 55.2 Å². The smallest absolute Gasteiger partial charge is 0.289 e. The second-order valence-electron chi connectivity index (χ2n) is 9.88. The Kier molecular flexibility index (Phi) is 4.05. The lowest BCUT2D eigenvalue weighted by molar-refractivity contribution is -0.130.